The molecule has 0 aliphatic rings. The molecule has 2 aromatic carbocycles. The van der Waals surface area contributed by atoms with Gasteiger partial charge in [-0.3, -0.25) is 0 Å². The Labute approximate surface area is 197 Å². The molecule has 25 heavy (non-hydrogen) atoms. The highest BCUT2D eigenvalue weighted by molar-refractivity contribution is 14.1. The molecule has 0 N–H and O–H groups in total. The molecular weight excluding hydrogens is 774 g/mol. The fraction of sp³-hybridized carbons (Fsp3) is 0.143. The summed E-state index contributed by atoms with van der Waals surface area (Å²) in [4.78, 5) is -0.222. The molecular formula is C14H8Br3I2O5S-. The quantitative estimate of drug-likeness (QED) is 0.219. The van der Waals surface area contributed by atoms with Gasteiger partial charge in [0.05, 0.1) is 13.8 Å². The Morgan fingerprint density at radius 2 is 1.40 bits per heavy atom. The largest absolute Gasteiger partial charge is 0.744 e. The van der Waals surface area contributed by atoms with E-state index in [4.69, 9.17) is 9.47 Å². The van der Waals surface area contributed by atoms with Crippen LogP contribution in [0.25, 0.3) is 0 Å². The van der Waals surface area contributed by atoms with Gasteiger partial charge in [-0.15, -0.1) is 0 Å². The van der Waals surface area contributed by atoms with E-state index in [1.54, 1.807) is 45.2 Å². The summed E-state index contributed by atoms with van der Waals surface area (Å²) in [6, 6.07) is 6.76. The number of hydrogen-bond acceptors (Lipinski definition) is 5. The van der Waals surface area contributed by atoms with E-state index in [0.29, 0.717) is 18.6 Å². The van der Waals surface area contributed by atoms with E-state index in [2.05, 4.69) is 47.8 Å². The number of ether oxygens (including phenoxy) is 2. The number of hydrogen-bond donors (Lipinski definition) is 0. The fourth-order valence-electron chi connectivity index (χ4n) is 1.83. The molecule has 0 aromatic heterocycles. The minimum absolute atomic E-state index is 0.222. The van der Waals surface area contributed by atoms with Gasteiger partial charge in [0.1, 0.15) is 34.8 Å². The normalized spacial score (nSPS) is 11.4. The van der Waals surface area contributed by atoms with E-state index in [0.717, 1.165) is 13.4 Å². The lowest BCUT2D eigenvalue weighted by molar-refractivity contribution is 0.215. The van der Waals surface area contributed by atoms with Crippen LogP contribution < -0.4 is 9.47 Å². The van der Waals surface area contributed by atoms with Crippen molar-refractivity contribution in [2.75, 3.05) is 13.2 Å². The Bertz CT molecular complexity index is 859. The Kier molecular flexibility index (Phi) is 8.29. The average molecular weight is 782 g/mol. The first-order chi connectivity index (χ1) is 11.6. The first kappa shape index (κ1) is 22.1. The summed E-state index contributed by atoms with van der Waals surface area (Å²) < 4.78 is 48.2. The maximum atomic E-state index is 11.3. The second kappa shape index (κ2) is 9.37. The minimum Gasteiger partial charge on any atom is -0.744 e. The third kappa shape index (κ3) is 6.17. The molecule has 0 unspecified atom stereocenters. The molecule has 0 aliphatic carbocycles. The average Bonchev–Trinajstić information content (AvgIpc) is 2.43. The predicted molar refractivity (Wildman–Crippen MR) is 120 cm³/mol. The van der Waals surface area contributed by atoms with Gasteiger partial charge in [-0.1, -0.05) is 15.9 Å². The molecule has 0 bridgehead atoms. The van der Waals surface area contributed by atoms with Crippen LogP contribution in [0.5, 0.6) is 11.5 Å². The van der Waals surface area contributed by atoms with Crippen LogP contribution in [0.4, 0.5) is 0 Å². The van der Waals surface area contributed by atoms with Crippen molar-refractivity contribution in [1.29, 1.82) is 0 Å². The number of halogens is 5. The van der Waals surface area contributed by atoms with Crippen LogP contribution in [-0.2, 0) is 10.1 Å². The van der Waals surface area contributed by atoms with Crippen LogP contribution in [0, 0.1) is 7.14 Å². The molecule has 0 amide bonds. The topological polar surface area (TPSA) is 75.7 Å². The lowest BCUT2D eigenvalue weighted by atomic mass is 10.3. The van der Waals surface area contributed by atoms with E-state index in [9.17, 15) is 13.0 Å². The van der Waals surface area contributed by atoms with Gasteiger partial charge in [0.15, 0.2) is 0 Å². The summed E-state index contributed by atoms with van der Waals surface area (Å²) in [6.07, 6.45) is 0. The van der Waals surface area contributed by atoms with Gasteiger partial charge in [0, 0.05) is 11.6 Å². The van der Waals surface area contributed by atoms with Gasteiger partial charge in [0.25, 0.3) is 0 Å². The maximum Gasteiger partial charge on any atom is 0.147 e. The molecule has 2 rings (SSSR count). The molecule has 0 saturated carbocycles. The van der Waals surface area contributed by atoms with Crippen molar-refractivity contribution in [2.45, 2.75) is 4.90 Å². The van der Waals surface area contributed by atoms with Crippen molar-refractivity contribution in [3.05, 3.63) is 44.8 Å². The zero-order chi connectivity index (χ0) is 18.8. The van der Waals surface area contributed by atoms with Crippen molar-refractivity contribution in [3.8, 4) is 11.5 Å². The van der Waals surface area contributed by atoms with Gasteiger partial charge < -0.3 is 14.0 Å². The minimum atomic E-state index is -4.51. The Morgan fingerprint density at radius 1 is 0.920 bits per heavy atom. The Morgan fingerprint density at radius 3 is 1.88 bits per heavy atom. The Balaban J connectivity index is 2.02. The lowest BCUT2D eigenvalue weighted by Gasteiger charge is -2.15. The maximum absolute atomic E-state index is 11.3. The van der Waals surface area contributed by atoms with Gasteiger partial charge in [0.2, 0.25) is 0 Å². The van der Waals surface area contributed by atoms with Crippen LogP contribution in [-0.4, -0.2) is 26.2 Å². The molecule has 5 nitrogen and oxygen atoms in total. The SMILES string of the molecule is O=S(=O)([O-])c1c(I)cc(OCCOc2c(Br)cc(Br)cc2Br)cc1I. The number of benzene rings is 2. The third-order valence-corrected chi connectivity index (χ3v) is 7.79. The van der Waals surface area contributed by atoms with Crippen LogP contribution >= 0.6 is 93.0 Å². The van der Waals surface area contributed by atoms with E-state index in [1.807, 2.05) is 12.1 Å². The first-order valence-electron chi connectivity index (χ1n) is 6.44. The van der Waals surface area contributed by atoms with Crippen molar-refractivity contribution in [1.82, 2.24) is 0 Å². The summed E-state index contributed by atoms with van der Waals surface area (Å²) >= 11 is 13.9. The molecule has 0 aliphatic heterocycles. The second-order valence-corrected chi connectivity index (χ2v) is 10.8. The zero-order valence-corrected chi connectivity index (χ0v) is 22.0. The summed E-state index contributed by atoms with van der Waals surface area (Å²) in [5, 5.41) is 0. The summed E-state index contributed by atoms with van der Waals surface area (Å²) in [5.41, 5.74) is 0. The molecule has 0 heterocycles. The fourth-order valence-corrected chi connectivity index (χ4v) is 8.24. The van der Waals surface area contributed by atoms with Crippen LogP contribution in [0.2, 0.25) is 0 Å². The summed E-state index contributed by atoms with van der Waals surface area (Å²) in [7, 11) is -4.51. The van der Waals surface area contributed by atoms with E-state index in [-0.39, 0.29) is 18.1 Å². The summed E-state index contributed by atoms with van der Waals surface area (Å²) in [5.74, 6) is 1.13. The smallest absolute Gasteiger partial charge is 0.147 e. The predicted octanol–water partition coefficient (Wildman–Crippen LogP) is 5.55. The van der Waals surface area contributed by atoms with Gasteiger partial charge in [-0.2, -0.15) is 0 Å². The molecule has 2 aromatic rings. The van der Waals surface area contributed by atoms with Crippen molar-refractivity contribution in [2.24, 2.45) is 0 Å². The van der Waals surface area contributed by atoms with Crippen molar-refractivity contribution < 1.29 is 22.4 Å². The molecule has 0 spiro atoms. The van der Waals surface area contributed by atoms with Gasteiger partial charge >= 0.3 is 0 Å². The molecule has 0 saturated heterocycles. The Hall–Kier alpha value is 0.850. The highest BCUT2D eigenvalue weighted by Crippen LogP contribution is 2.36. The van der Waals surface area contributed by atoms with Crippen LogP contribution in [0.3, 0.4) is 0 Å². The second-order valence-electron chi connectivity index (χ2n) is 4.57. The monoisotopic (exact) mass is 779 g/mol. The molecule has 0 radical (unpaired) electrons. The van der Waals surface area contributed by atoms with E-state index >= 15 is 0 Å². The van der Waals surface area contributed by atoms with Gasteiger partial charge in [-0.25, -0.2) is 8.42 Å². The summed E-state index contributed by atoms with van der Waals surface area (Å²) in [6.45, 7) is 0.540. The molecule has 0 fully saturated rings. The standard InChI is InChI=1S/C14H9Br3I2O5S/c15-7-3-9(16)13(10(17)4-7)24-2-1-23-8-5-11(18)14(12(19)6-8)25(20,21)22/h3-6H,1-2H2,(H,20,21,22)/p-1. The van der Waals surface area contributed by atoms with Gasteiger partial charge in [-0.05, 0) is 101 Å². The number of rotatable bonds is 6. The molecule has 11 heteroatoms. The highest BCUT2D eigenvalue weighted by atomic mass is 127. The van der Waals surface area contributed by atoms with Crippen LogP contribution in [0.15, 0.2) is 42.6 Å². The van der Waals surface area contributed by atoms with Crippen molar-refractivity contribution >= 4 is 103 Å². The lowest BCUT2D eigenvalue weighted by Crippen LogP contribution is -2.11. The zero-order valence-electron chi connectivity index (χ0n) is 12.1. The van der Waals surface area contributed by atoms with Crippen LogP contribution in [0.1, 0.15) is 0 Å². The molecule has 136 valence electrons. The highest BCUT2D eigenvalue weighted by Gasteiger charge is 2.14. The third-order valence-electron chi connectivity index (χ3n) is 2.78. The van der Waals surface area contributed by atoms with Crippen molar-refractivity contribution in [3.63, 3.8) is 0 Å². The van der Waals surface area contributed by atoms with E-state index < -0.39 is 10.1 Å². The first-order valence-corrected chi connectivity index (χ1v) is 12.4. The molecule has 0 atom stereocenters. The van der Waals surface area contributed by atoms with E-state index in [1.165, 1.54) is 12.1 Å².